The van der Waals surface area contributed by atoms with Crippen LogP contribution in [0.1, 0.15) is 19.4 Å². The molecule has 6 nitrogen and oxygen atoms in total. The minimum atomic E-state index is -3.51. The van der Waals surface area contributed by atoms with Crippen molar-refractivity contribution in [3.63, 3.8) is 0 Å². The van der Waals surface area contributed by atoms with E-state index in [0.29, 0.717) is 20.6 Å². The van der Waals surface area contributed by atoms with Crippen molar-refractivity contribution in [2.75, 3.05) is 19.4 Å². The zero-order chi connectivity index (χ0) is 21.2. The van der Waals surface area contributed by atoms with Crippen LogP contribution < -0.4 is 5.32 Å². The summed E-state index contributed by atoms with van der Waals surface area (Å²) in [6, 6.07) is 12.7. The Kier molecular flexibility index (Phi) is 6.62. The van der Waals surface area contributed by atoms with E-state index in [9.17, 15) is 13.2 Å². The molecule has 1 heterocycles. The Hall–Kier alpha value is -1.94. The van der Waals surface area contributed by atoms with Crippen molar-refractivity contribution in [2.45, 2.75) is 35.3 Å². The van der Waals surface area contributed by atoms with Crippen LogP contribution in [0.15, 0.2) is 52.3 Å². The highest BCUT2D eigenvalue weighted by Gasteiger charge is 2.18. The number of fused-ring (bicyclic) bond motifs is 1. The number of nitrogens with zero attached hydrogens (tertiary/aromatic N) is 2. The predicted molar refractivity (Wildman–Crippen MR) is 120 cm³/mol. The van der Waals surface area contributed by atoms with Gasteiger partial charge in [0.25, 0.3) is 0 Å². The van der Waals surface area contributed by atoms with Crippen LogP contribution in [-0.4, -0.2) is 43.0 Å². The smallest absolute Gasteiger partial charge is 0.242 e. The first kappa shape index (κ1) is 21.8. The van der Waals surface area contributed by atoms with Gasteiger partial charge in [-0.15, -0.1) is 11.8 Å². The summed E-state index contributed by atoms with van der Waals surface area (Å²) in [5, 5.41) is 3.78. The molecule has 0 fully saturated rings. The lowest BCUT2D eigenvalue weighted by Gasteiger charge is -2.10. The largest absolute Gasteiger partial charge is 0.302 e. The first-order valence-electron chi connectivity index (χ1n) is 9.04. The Labute approximate surface area is 179 Å². The van der Waals surface area contributed by atoms with Gasteiger partial charge in [-0.3, -0.25) is 4.79 Å². The van der Waals surface area contributed by atoms with E-state index in [1.54, 1.807) is 23.9 Å². The van der Waals surface area contributed by atoms with Crippen molar-refractivity contribution in [1.82, 2.24) is 9.29 Å². The quantitative estimate of drug-likeness (QED) is 0.546. The third-order valence-electron chi connectivity index (χ3n) is 4.04. The number of thiazole rings is 1. The summed E-state index contributed by atoms with van der Waals surface area (Å²) >= 11 is 3.04. The van der Waals surface area contributed by atoms with Gasteiger partial charge in [0.15, 0.2) is 5.13 Å². The first-order chi connectivity index (χ1) is 13.6. The molecule has 0 unspecified atom stereocenters. The van der Waals surface area contributed by atoms with Crippen molar-refractivity contribution in [2.24, 2.45) is 0 Å². The molecule has 0 saturated heterocycles. The Morgan fingerprint density at radius 1 is 1.17 bits per heavy atom. The highest BCUT2D eigenvalue weighted by atomic mass is 32.2. The minimum absolute atomic E-state index is 0.158. The number of nitrogens with one attached hydrogen (secondary N) is 1. The first-order valence-corrected chi connectivity index (χ1v) is 12.2. The van der Waals surface area contributed by atoms with Gasteiger partial charge < -0.3 is 5.32 Å². The van der Waals surface area contributed by atoms with Crippen LogP contribution in [0.4, 0.5) is 5.13 Å². The van der Waals surface area contributed by atoms with Crippen molar-refractivity contribution in [3.8, 4) is 0 Å². The number of benzene rings is 2. The lowest BCUT2D eigenvalue weighted by molar-refractivity contribution is -0.115. The number of thioether (sulfide) groups is 1. The highest BCUT2D eigenvalue weighted by Crippen LogP contribution is 2.29. The molecule has 2 aromatic carbocycles. The van der Waals surface area contributed by atoms with Gasteiger partial charge in [-0.2, -0.15) is 0 Å². The second-order valence-electron chi connectivity index (χ2n) is 6.97. The third kappa shape index (κ3) is 5.36. The van der Waals surface area contributed by atoms with Crippen LogP contribution in [0, 0.1) is 0 Å². The zero-order valence-electron chi connectivity index (χ0n) is 16.7. The molecule has 29 heavy (non-hydrogen) atoms. The number of carbonyl (C=O) groups excluding carboxylic acids is 1. The third-order valence-corrected chi connectivity index (χ3v) is 7.81. The molecule has 0 radical (unpaired) electrons. The van der Waals surface area contributed by atoms with E-state index >= 15 is 0 Å². The molecule has 3 aromatic rings. The van der Waals surface area contributed by atoms with Crippen LogP contribution in [0.25, 0.3) is 10.2 Å². The summed E-state index contributed by atoms with van der Waals surface area (Å²) in [4.78, 5) is 18.2. The number of aromatic nitrogens is 1. The Morgan fingerprint density at radius 3 is 2.48 bits per heavy atom. The molecule has 1 N–H and O–H groups in total. The van der Waals surface area contributed by atoms with Crippen molar-refractivity contribution in [3.05, 3.63) is 48.0 Å². The molecule has 0 aliphatic heterocycles. The second-order valence-corrected chi connectivity index (χ2v) is 11.8. The fourth-order valence-electron chi connectivity index (χ4n) is 2.64. The average Bonchev–Trinajstić information content (AvgIpc) is 3.03. The molecule has 9 heteroatoms. The average molecular weight is 450 g/mol. The lowest BCUT2D eigenvalue weighted by atomic mass is 10.1. The molecule has 3 rings (SSSR count). The summed E-state index contributed by atoms with van der Waals surface area (Å²) in [6.07, 6.45) is 0.253. The molecule has 0 aliphatic rings. The molecule has 1 aromatic heterocycles. The van der Waals surface area contributed by atoms with Gasteiger partial charge in [0, 0.05) is 24.2 Å². The van der Waals surface area contributed by atoms with E-state index < -0.39 is 10.0 Å². The van der Waals surface area contributed by atoms with Crippen LogP contribution >= 0.6 is 23.1 Å². The monoisotopic (exact) mass is 449 g/mol. The maximum absolute atomic E-state index is 12.4. The molecule has 0 aliphatic carbocycles. The van der Waals surface area contributed by atoms with E-state index in [4.69, 9.17) is 0 Å². The summed E-state index contributed by atoms with van der Waals surface area (Å²) in [5.74, 6) is -0.158. The second kappa shape index (κ2) is 8.83. The van der Waals surface area contributed by atoms with Crippen LogP contribution in [-0.2, 0) is 21.2 Å². The maximum Gasteiger partial charge on any atom is 0.242 e. The molecule has 0 bridgehead atoms. The molecule has 0 spiro atoms. The number of sulfonamides is 1. The fourth-order valence-corrected chi connectivity index (χ4v) is 5.40. The minimum Gasteiger partial charge on any atom is -0.302 e. The summed E-state index contributed by atoms with van der Waals surface area (Å²) in [5.41, 5.74) is 1.58. The number of anilines is 1. The van der Waals surface area contributed by atoms with E-state index in [2.05, 4.69) is 24.1 Å². The van der Waals surface area contributed by atoms with E-state index in [1.165, 1.54) is 40.7 Å². The fraction of sp³-hybridized carbons (Fsp3) is 0.300. The zero-order valence-corrected chi connectivity index (χ0v) is 19.1. The van der Waals surface area contributed by atoms with Gasteiger partial charge in [0.1, 0.15) is 0 Å². The molecule has 1 amide bonds. The number of hydrogen-bond acceptors (Lipinski definition) is 6. The number of carbonyl (C=O) groups is 1. The Bertz CT molecular complexity index is 1120. The molecular formula is C20H23N3O3S3. The Balaban J connectivity index is 1.70. The van der Waals surface area contributed by atoms with Gasteiger partial charge in [0.2, 0.25) is 15.9 Å². The van der Waals surface area contributed by atoms with E-state index in [1.807, 2.05) is 24.3 Å². The van der Waals surface area contributed by atoms with Gasteiger partial charge in [-0.05, 0) is 35.9 Å². The van der Waals surface area contributed by atoms with Crippen molar-refractivity contribution >= 4 is 54.4 Å². The molecule has 0 atom stereocenters. The van der Waals surface area contributed by atoms with E-state index in [-0.39, 0.29) is 17.2 Å². The van der Waals surface area contributed by atoms with Gasteiger partial charge in [0.05, 0.1) is 21.5 Å². The van der Waals surface area contributed by atoms with Gasteiger partial charge >= 0.3 is 0 Å². The van der Waals surface area contributed by atoms with Crippen LogP contribution in [0.3, 0.4) is 0 Å². The van der Waals surface area contributed by atoms with Crippen molar-refractivity contribution in [1.29, 1.82) is 0 Å². The Morgan fingerprint density at radius 2 is 1.86 bits per heavy atom. The summed E-state index contributed by atoms with van der Waals surface area (Å²) in [7, 11) is -0.527. The van der Waals surface area contributed by atoms with Gasteiger partial charge in [-0.25, -0.2) is 17.7 Å². The molecule has 0 saturated carbocycles. The number of amides is 1. The van der Waals surface area contributed by atoms with Gasteiger partial charge in [-0.1, -0.05) is 37.3 Å². The van der Waals surface area contributed by atoms with E-state index in [0.717, 1.165) is 5.56 Å². The SMILES string of the molecule is CC(C)Sc1ccc(CC(=O)Nc2nc3ccc(S(=O)(=O)N(C)C)cc3s2)cc1. The molecular weight excluding hydrogens is 426 g/mol. The molecule has 154 valence electrons. The standard InChI is InChI=1S/C20H23N3O3S3/c1-13(2)27-15-7-5-14(6-8-15)11-19(24)22-20-21-17-10-9-16(12-18(17)28-20)29(25,26)23(3)4/h5-10,12-13H,11H2,1-4H3,(H,21,22,24). The highest BCUT2D eigenvalue weighted by molar-refractivity contribution is 7.99. The maximum atomic E-state index is 12.4. The van der Waals surface area contributed by atoms with Crippen molar-refractivity contribution < 1.29 is 13.2 Å². The normalized spacial score (nSPS) is 12.1. The number of rotatable bonds is 7. The topological polar surface area (TPSA) is 79.4 Å². The predicted octanol–water partition coefficient (Wildman–Crippen LogP) is 4.23. The van der Waals surface area contributed by atoms with Crippen LogP contribution in [0.2, 0.25) is 0 Å². The summed E-state index contributed by atoms with van der Waals surface area (Å²) in [6.45, 7) is 4.28. The summed E-state index contributed by atoms with van der Waals surface area (Å²) < 4.78 is 26.4. The lowest BCUT2D eigenvalue weighted by Crippen LogP contribution is -2.22. The number of hydrogen-bond donors (Lipinski definition) is 1. The van der Waals surface area contributed by atoms with Crippen LogP contribution in [0.5, 0.6) is 0 Å².